The number of hydrogen-bond donors (Lipinski definition) is 0. The predicted octanol–water partition coefficient (Wildman–Crippen LogP) is 6.77. The molecule has 29 heavy (non-hydrogen) atoms. The minimum Gasteiger partial charge on any atom is -0.282 e. The van der Waals surface area contributed by atoms with Gasteiger partial charge in [0.05, 0.1) is 17.0 Å². The monoisotopic (exact) mass is 419 g/mol. The van der Waals surface area contributed by atoms with Crippen LogP contribution in [0.3, 0.4) is 0 Å². The van der Waals surface area contributed by atoms with Crippen LogP contribution >= 0.6 is 23.2 Å². The number of imidazole rings is 1. The van der Waals surface area contributed by atoms with Gasteiger partial charge in [0.1, 0.15) is 0 Å². The molecule has 0 aliphatic carbocycles. The number of nitrogens with zero attached hydrogens (tertiary/aromatic N) is 3. The second kappa shape index (κ2) is 7.55. The Morgan fingerprint density at radius 1 is 0.862 bits per heavy atom. The van der Waals surface area contributed by atoms with Crippen molar-refractivity contribution in [2.75, 3.05) is 0 Å². The molecule has 144 valence electrons. The van der Waals surface area contributed by atoms with Crippen molar-refractivity contribution < 1.29 is 0 Å². The van der Waals surface area contributed by atoms with Crippen LogP contribution < -0.4 is 0 Å². The molecule has 2 aromatic heterocycles. The normalized spacial score (nSPS) is 11.3. The number of halogens is 2. The maximum atomic E-state index is 6.11. The van der Waals surface area contributed by atoms with E-state index in [1.165, 1.54) is 0 Å². The first kappa shape index (κ1) is 19.5. The van der Waals surface area contributed by atoms with E-state index in [4.69, 9.17) is 28.2 Å². The van der Waals surface area contributed by atoms with E-state index in [1.54, 1.807) is 6.20 Å². The van der Waals surface area contributed by atoms with Gasteiger partial charge in [-0.25, -0.2) is 9.97 Å². The molecule has 0 bridgehead atoms. The molecule has 4 rings (SSSR count). The lowest BCUT2D eigenvalue weighted by Crippen LogP contribution is -2.00. The van der Waals surface area contributed by atoms with Crippen LogP contribution in [0.15, 0.2) is 60.9 Å². The van der Waals surface area contributed by atoms with Gasteiger partial charge < -0.3 is 0 Å². The van der Waals surface area contributed by atoms with E-state index in [-0.39, 0.29) is 5.41 Å². The third kappa shape index (κ3) is 4.29. The molecule has 0 unspecified atom stereocenters. The lowest BCUT2D eigenvalue weighted by molar-refractivity contribution is 0.571. The van der Waals surface area contributed by atoms with E-state index in [0.717, 1.165) is 28.1 Å². The molecule has 2 aromatic carbocycles. The quantitative estimate of drug-likeness (QED) is 0.335. The molecule has 0 atom stereocenters. The summed E-state index contributed by atoms with van der Waals surface area (Å²) < 4.78 is 1.99. The molecule has 2 heterocycles. The van der Waals surface area contributed by atoms with Crippen molar-refractivity contribution in [1.29, 1.82) is 0 Å². The molecule has 0 fully saturated rings. The summed E-state index contributed by atoms with van der Waals surface area (Å²) >= 11 is 12.2. The average molecular weight is 420 g/mol. The number of fused-ring (bicyclic) bond motifs is 1. The van der Waals surface area contributed by atoms with E-state index >= 15 is 0 Å². The molecule has 0 saturated heterocycles. The highest BCUT2D eigenvalue weighted by Crippen LogP contribution is 2.33. The van der Waals surface area contributed by atoms with Gasteiger partial charge in [0, 0.05) is 39.0 Å². The summed E-state index contributed by atoms with van der Waals surface area (Å²) in [5, 5.41) is 1.37. The van der Waals surface area contributed by atoms with E-state index in [2.05, 4.69) is 37.6 Å². The standard InChI is InChI=1S/C24H19Cl2N3/c1-24(2,3)13-12-16-14-27-23-28-21(17-4-8-19(25)9-5-17)22(29(23)15-16)18-6-10-20(26)11-7-18/h4-11,14-15H,1-3H3. The molecule has 0 spiro atoms. The van der Waals surface area contributed by atoms with Crippen molar-refractivity contribution in [3.05, 3.63) is 76.5 Å². The van der Waals surface area contributed by atoms with Gasteiger partial charge >= 0.3 is 0 Å². The fraction of sp³-hybridized carbons (Fsp3) is 0.167. The van der Waals surface area contributed by atoms with Crippen LogP contribution in [-0.4, -0.2) is 14.4 Å². The predicted molar refractivity (Wildman–Crippen MR) is 120 cm³/mol. The molecule has 0 saturated carbocycles. The number of hydrogen-bond acceptors (Lipinski definition) is 2. The molecule has 0 aliphatic rings. The van der Waals surface area contributed by atoms with Gasteiger partial charge in [-0.1, -0.05) is 59.3 Å². The summed E-state index contributed by atoms with van der Waals surface area (Å²) in [6.07, 6.45) is 3.75. The van der Waals surface area contributed by atoms with Gasteiger partial charge in [0.15, 0.2) is 0 Å². The van der Waals surface area contributed by atoms with E-state index in [1.807, 2.05) is 59.1 Å². The Morgan fingerprint density at radius 2 is 1.45 bits per heavy atom. The minimum absolute atomic E-state index is 0.0859. The Labute approximate surface area is 180 Å². The number of aromatic nitrogens is 3. The second-order valence-electron chi connectivity index (χ2n) is 7.84. The SMILES string of the molecule is CC(C)(C)C#Cc1cnc2nc(-c3ccc(Cl)cc3)c(-c3ccc(Cl)cc3)n2c1. The highest BCUT2D eigenvalue weighted by Gasteiger charge is 2.17. The van der Waals surface area contributed by atoms with E-state index < -0.39 is 0 Å². The van der Waals surface area contributed by atoms with E-state index in [0.29, 0.717) is 15.8 Å². The van der Waals surface area contributed by atoms with Crippen LogP contribution in [-0.2, 0) is 0 Å². The number of benzene rings is 2. The van der Waals surface area contributed by atoms with Gasteiger partial charge in [-0.15, -0.1) is 0 Å². The van der Waals surface area contributed by atoms with Gasteiger partial charge in [0.25, 0.3) is 0 Å². The lowest BCUT2D eigenvalue weighted by Gasteiger charge is -2.08. The molecule has 4 aromatic rings. The van der Waals surface area contributed by atoms with Crippen LogP contribution in [0.25, 0.3) is 28.3 Å². The van der Waals surface area contributed by atoms with Crippen LogP contribution in [0.2, 0.25) is 10.0 Å². The summed E-state index contributed by atoms with van der Waals surface area (Å²) in [6.45, 7) is 6.25. The molecular formula is C24H19Cl2N3. The zero-order chi connectivity index (χ0) is 20.6. The topological polar surface area (TPSA) is 30.2 Å². The maximum Gasteiger partial charge on any atom is 0.234 e. The Morgan fingerprint density at radius 3 is 2.03 bits per heavy atom. The van der Waals surface area contributed by atoms with Gasteiger partial charge in [0.2, 0.25) is 5.78 Å². The fourth-order valence-corrected chi connectivity index (χ4v) is 3.20. The van der Waals surface area contributed by atoms with Crippen molar-refractivity contribution in [2.24, 2.45) is 5.41 Å². The smallest absolute Gasteiger partial charge is 0.234 e. The second-order valence-corrected chi connectivity index (χ2v) is 8.71. The maximum absolute atomic E-state index is 6.11. The molecule has 0 amide bonds. The minimum atomic E-state index is -0.0859. The summed E-state index contributed by atoms with van der Waals surface area (Å²) in [5.74, 6) is 7.09. The first-order chi connectivity index (χ1) is 13.8. The Bertz CT molecular complexity index is 1240. The fourth-order valence-electron chi connectivity index (χ4n) is 2.95. The summed E-state index contributed by atoms with van der Waals surface area (Å²) in [7, 11) is 0. The lowest BCUT2D eigenvalue weighted by atomic mass is 9.98. The first-order valence-electron chi connectivity index (χ1n) is 9.23. The van der Waals surface area contributed by atoms with Crippen LogP contribution in [0.5, 0.6) is 0 Å². The van der Waals surface area contributed by atoms with Crippen molar-refractivity contribution in [3.8, 4) is 34.4 Å². The molecule has 5 heteroatoms. The van der Waals surface area contributed by atoms with Crippen LogP contribution in [0.4, 0.5) is 0 Å². The average Bonchev–Trinajstić information content (AvgIpc) is 3.06. The molecule has 3 nitrogen and oxygen atoms in total. The summed E-state index contributed by atoms with van der Waals surface area (Å²) in [4.78, 5) is 9.34. The molecule has 0 radical (unpaired) electrons. The number of rotatable bonds is 2. The zero-order valence-electron chi connectivity index (χ0n) is 16.4. The van der Waals surface area contributed by atoms with Gasteiger partial charge in [-0.2, -0.15) is 0 Å². The van der Waals surface area contributed by atoms with Crippen molar-refractivity contribution in [2.45, 2.75) is 20.8 Å². The van der Waals surface area contributed by atoms with E-state index in [9.17, 15) is 0 Å². The highest BCUT2D eigenvalue weighted by atomic mass is 35.5. The molecule has 0 aliphatic heterocycles. The third-order valence-corrected chi connectivity index (χ3v) is 4.80. The first-order valence-corrected chi connectivity index (χ1v) is 9.99. The van der Waals surface area contributed by atoms with Crippen molar-refractivity contribution >= 4 is 29.0 Å². The highest BCUT2D eigenvalue weighted by molar-refractivity contribution is 6.31. The Hall–Kier alpha value is -2.80. The van der Waals surface area contributed by atoms with Crippen molar-refractivity contribution in [3.63, 3.8) is 0 Å². The van der Waals surface area contributed by atoms with Gasteiger partial charge in [-0.3, -0.25) is 4.40 Å². The van der Waals surface area contributed by atoms with Crippen LogP contribution in [0.1, 0.15) is 26.3 Å². The Balaban J connectivity index is 1.96. The zero-order valence-corrected chi connectivity index (χ0v) is 17.9. The third-order valence-electron chi connectivity index (χ3n) is 4.30. The van der Waals surface area contributed by atoms with Crippen LogP contribution in [0, 0.1) is 17.3 Å². The largest absolute Gasteiger partial charge is 0.282 e. The van der Waals surface area contributed by atoms with Crippen molar-refractivity contribution in [1.82, 2.24) is 14.4 Å². The molecular weight excluding hydrogens is 401 g/mol. The molecule has 0 N–H and O–H groups in total. The summed E-state index contributed by atoms with van der Waals surface area (Å²) in [5.41, 5.74) is 4.48. The Kier molecular flexibility index (Phi) is 5.08. The van der Waals surface area contributed by atoms with Gasteiger partial charge in [-0.05, 0) is 45.0 Å². The summed E-state index contributed by atoms with van der Waals surface area (Å²) in [6, 6.07) is 15.4.